The highest BCUT2D eigenvalue weighted by Gasteiger charge is 2.15. The van der Waals surface area contributed by atoms with Crippen molar-refractivity contribution >= 4 is 12.0 Å². The summed E-state index contributed by atoms with van der Waals surface area (Å²) in [5.41, 5.74) is 1.12. The van der Waals surface area contributed by atoms with E-state index >= 15 is 0 Å². The van der Waals surface area contributed by atoms with E-state index in [4.69, 9.17) is 9.84 Å². The van der Waals surface area contributed by atoms with Crippen LogP contribution in [0, 0.1) is 0 Å². The van der Waals surface area contributed by atoms with Crippen LogP contribution in [0.2, 0.25) is 0 Å². The molecular weight excluding hydrogens is 260 g/mol. The van der Waals surface area contributed by atoms with Crippen LogP contribution in [0.4, 0.5) is 4.79 Å². The minimum Gasteiger partial charge on any atom is -0.480 e. The standard InChI is InChI=1S/C14H20N2O4/c1-20-10-9-16(11-13(17)18)14(19)15-8-7-12-5-3-2-4-6-12/h2-6H,7-11H2,1H3,(H,15,19)(H,17,18). The van der Waals surface area contributed by atoms with Gasteiger partial charge in [0, 0.05) is 20.2 Å². The molecule has 6 heteroatoms. The Labute approximate surface area is 118 Å². The topological polar surface area (TPSA) is 78.9 Å². The highest BCUT2D eigenvalue weighted by atomic mass is 16.5. The zero-order chi connectivity index (χ0) is 14.8. The second kappa shape index (κ2) is 8.92. The van der Waals surface area contributed by atoms with Gasteiger partial charge in [-0.15, -0.1) is 0 Å². The van der Waals surface area contributed by atoms with E-state index in [1.165, 1.54) is 12.0 Å². The fourth-order valence-corrected chi connectivity index (χ4v) is 1.69. The van der Waals surface area contributed by atoms with Gasteiger partial charge in [0.25, 0.3) is 0 Å². The zero-order valence-electron chi connectivity index (χ0n) is 11.5. The molecule has 0 aliphatic carbocycles. The van der Waals surface area contributed by atoms with Crippen molar-refractivity contribution in [3.8, 4) is 0 Å². The Morgan fingerprint density at radius 3 is 2.60 bits per heavy atom. The van der Waals surface area contributed by atoms with Crippen molar-refractivity contribution in [2.24, 2.45) is 0 Å². The average molecular weight is 280 g/mol. The number of hydrogen-bond acceptors (Lipinski definition) is 3. The first-order valence-corrected chi connectivity index (χ1v) is 6.41. The molecule has 2 N–H and O–H groups in total. The summed E-state index contributed by atoms with van der Waals surface area (Å²) in [7, 11) is 1.51. The molecule has 0 unspecified atom stereocenters. The number of amides is 2. The van der Waals surface area contributed by atoms with Crippen molar-refractivity contribution in [3.05, 3.63) is 35.9 Å². The summed E-state index contributed by atoms with van der Waals surface area (Å²) in [4.78, 5) is 23.8. The van der Waals surface area contributed by atoms with Crippen molar-refractivity contribution in [2.75, 3.05) is 33.4 Å². The smallest absolute Gasteiger partial charge is 0.323 e. The molecule has 0 atom stereocenters. The Balaban J connectivity index is 2.38. The van der Waals surface area contributed by atoms with E-state index in [9.17, 15) is 9.59 Å². The van der Waals surface area contributed by atoms with Crippen molar-refractivity contribution in [3.63, 3.8) is 0 Å². The van der Waals surface area contributed by atoms with Gasteiger partial charge >= 0.3 is 12.0 Å². The van der Waals surface area contributed by atoms with Gasteiger partial charge in [0.15, 0.2) is 0 Å². The van der Waals surface area contributed by atoms with E-state index in [2.05, 4.69) is 5.32 Å². The number of carboxylic acids is 1. The number of aliphatic carboxylic acids is 1. The summed E-state index contributed by atoms with van der Waals surface area (Å²) in [6, 6.07) is 9.37. The maximum absolute atomic E-state index is 11.9. The third-order valence-corrected chi connectivity index (χ3v) is 2.71. The maximum Gasteiger partial charge on any atom is 0.323 e. The molecule has 1 aromatic rings. The monoisotopic (exact) mass is 280 g/mol. The van der Waals surface area contributed by atoms with Gasteiger partial charge in [-0.3, -0.25) is 4.79 Å². The molecule has 0 radical (unpaired) electrons. The molecule has 0 heterocycles. The van der Waals surface area contributed by atoms with Gasteiger partial charge < -0.3 is 20.1 Å². The van der Waals surface area contributed by atoms with Gasteiger partial charge in [-0.25, -0.2) is 4.79 Å². The molecule has 0 aliphatic heterocycles. The number of carboxylic acid groups (broad SMARTS) is 1. The number of hydrogen-bond donors (Lipinski definition) is 2. The Kier molecular flexibility index (Phi) is 7.13. The zero-order valence-corrected chi connectivity index (χ0v) is 11.5. The molecule has 0 saturated heterocycles. The van der Waals surface area contributed by atoms with Gasteiger partial charge in [0.1, 0.15) is 6.54 Å². The highest BCUT2D eigenvalue weighted by molar-refractivity contribution is 5.80. The lowest BCUT2D eigenvalue weighted by atomic mass is 10.1. The Bertz CT molecular complexity index is 422. The van der Waals surface area contributed by atoms with Crippen molar-refractivity contribution in [2.45, 2.75) is 6.42 Å². The van der Waals surface area contributed by atoms with E-state index < -0.39 is 5.97 Å². The number of ether oxygens (including phenoxy) is 1. The first-order valence-electron chi connectivity index (χ1n) is 6.41. The number of carbonyl (C=O) groups excluding carboxylic acids is 1. The fraction of sp³-hybridized carbons (Fsp3) is 0.429. The largest absolute Gasteiger partial charge is 0.480 e. The predicted octanol–water partition coefficient (Wildman–Crippen LogP) is 0.972. The summed E-state index contributed by atoms with van der Waals surface area (Å²) in [5.74, 6) is -1.04. The number of nitrogens with zero attached hydrogens (tertiary/aromatic N) is 1. The SMILES string of the molecule is COCCN(CC(=O)O)C(=O)NCCc1ccccc1. The minimum atomic E-state index is -1.04. The molecule has 1 rings (SSSR count). The van der Waals surface area contributed by atoms with E-state index in [0.29, 0.717) is 19.6 Å². The predicted molar refractivity (Wildman–Crippen MR) is 74.6 cm³/mol. The van der Waals surface area contributed by atoms with Crippen LogP contribution in [0.3, 0.4) is 0 Å². The first-order chi connectivity index (χ1) is 9.63. The van der Waals surface area contributed by atoms with Gasteiger partial charge in [-0.2, -0.15) is 0 Å². The lowest BCUT2D eigenvalue weighted by molar-refractivity contribution is -0.137. The van der Waals surface area contributed by atoms with Gasteiger partial charge in [-0.05, 0) is 12.0 Å². The molecule has 0 spiro atoms. The third-order valence-electron chi connectivity index (χ3n) is 2.71. The summed E-state index contributed by atoms with van der Waals surface area (Å²) >= 11 is 0. The lowest BCUT2D eigenvalue weighted by Gasteiger charge is -2.20. The quantitative estimate of drug-likeness (QED) is 0.744. The van der Waals surface area contributed by atoms with Crippen LogP contribution in [-0.4, -0.2) is 55.4 Å². The van der Waals surface area contributed by atoms with E-state index in [1.54, 1.807) is 0 Å². The molecule has 0 bridgehead atoms. The minimum absolute atomic E-state index is 0.250. The molecule has 6 nitrogen and oxygen atoms in total. The average Bonchev–Trinajstić information content (AvgIpc) is 2.44. The normalized spacial score (nSPS) is 10.1. The van der Waals surface area contributed by atoms with Gasteiger partial charge in [-0.1, -0.05) is 30.3 Å². The number of rotatable bonds is 8. The summed E-state index contributed by atoms with van der Waals surface area (Å²) in [6.07, 6.45) is 0.706. The van der Waals surface area contributed by atoms with Gasteiger partial charge in [0.2, 0.25) is 0 Å². The van der Waals surface area contributed by atoms with E-state index in [-0.39, 0.29) is 19.1 Å². The van der Waals surface area contributed by atoms with Crippen molar-refractivity contribution in [1.29, 1.82) is 0 Å². The molecule has 20 heavy (non-hydrogen) atoms. The molecule has 0 aliphatic rings. The van der Waals surface area contributed by atoms with Crippen molar-refractivity contribution < 1.29 is 19.4 Å². The summed E-state index contributed by atoms with van der Waals surface area (Å²) in [5, 5.41) is 11.5. The molecule has 0 aromatic heterocycles. The Morgan fingerprint density at radius 1 is 1.30 bits per heavy atom. The number of carbonyl (C=O) groups is 2. The lowest BCUT2D eigenvalue weighted by Crippen LogP contribution is -2.44. The number of urea groups is 1. The molecule has 0 fully saturated rings. The first kappa shape index (κ1) is 16.0. The van der Waals surface area contributed by atoms with Crippen LogP contribution in [0.25, 0.3) is 0 Å². The number of benzene rings is 1. The third kappa shape index (κ3) is 6.19. The van der Waals surface area contributed by atoms with E-state index in [0.717, 1.165) is 5.56 Å². The Morgan fingerprint density at radius 2 is 2.00 bits per heavy atom. The van der Waals surface area contributed by atoms with Crippen LogP contribution in [0.15, 0.2) is 30.3 Å². The van der Waals surface area contributed by atoms with Crippen LogP contribution in [-0.2, 0) is 16.0 Å². The number of nitrogens with one attached hydrogen (secondary N) is 1. The molecule has 1 aromatic carbocycles. The maximum atomic E-state index is 11.9. The molecular formula is C14H20N2O4. The highest BCUT2D eigenvalue weighted by Crippen LogP contribution is 1.98. The number of methoxy groups -OCH3 is 1. The van der Waals surface area contributed by atoms with Crippen LogP contribution < -0.4 is 5.32 Å². The van der Waals surface area contributed by atoms with Crippen LogP contribution >= 0.6 is 0 Å². The molecule has 110 valence electrons. The van der Waals surface area contributed by atoms with E-state index in [1.807, 2.05) is 30.3 Å². The van der Waals surface area contributed by atoms with Gasteiger partial charge in [0.05, 0.1) is 6.61 Å². The second-order valence-corrected chi connectivity index (χ2v) is 4.28. The second-order valence-electron chi connectivity index (χ2n) is 4.28. The van der Waals surface area contributed by atoms with Crippen LogP contribution in [0.1, 0.15) is 5.56 Å². The van der Waals surface area contributed by atoms with Crippen molar-refractivity contribution in [1.82, 2.24) is 10.2 Å². The fourth-order valence-electron chi connectivity index (χ4n) is 1.69. The summed E-state index contributed by atoms with van der Waals surface area (Å²) < 4.78 is 4.86. The molecule has 2 amide bonds. The molecule has 0 saturated carbocycles. The van der Waals surface area contributed by atoms with Crippen LogP contribution in [0.5, 0.6) is 0 Å². The Hall–Kier alpha value is -2.08. The summed E-state index contributed by atoms with van der Waals surface area (Å²) in [6.45, 7) is 0.686.